The average molecular weight is 300 g/mol. The molecule has 3 heterocycles. The van der Waals surface area contributed by atoms with Crippen molar-refractivity contribution in [3.63, 3.8) is 0 Å². The number of nitrogens with two attached hydrogens (primary N) is 1. The first-order valence-corrected chi connectivity index (χ1v) is 7.52. The molecule has 4 heteroatoms. The molecule has 2 N–H and O–H groups in total. The van der Waals surface area contributed by atoms with Gasteiger partial charge in [0.05, 0.1) is 11.9 Å². The van der Waals surface area contributed by atoms with Crippen molar-refractivity contribution < 1.29 is 0 Å². The first kappa shape index (κ1) is 13.7. The molecule has 0 radical (unpaired) electrons. The molecule has 0 aliphatic carbocycles. The predicted octanol–water partition coefficient (Wildman–Crippen LogP) is 3.52. The first-order valence-electron chi connectivity index (χ1n) is 7.52. The summed E-state index contributed by atoms with van der Waals surface area (Å²) in [5.74, 6) is 0. The minimum Gasteiger partial charge on any atom is -0.326 e. The van der Waals surface area contributed by atoms with Gasteiger partial charge in [0.15, 0.2) is 0 Å². The Balaban J connectivity index is 1.78. The van der Waals surface area contributed by atoms with Gasteiger partial charge in [-0.15, -0.1) is 0 Å². The molecule has 0 aliphatic rings. The maximum Gasteiger partial charge on any atom is 0.137 e. The Labute approximate surface area is 134 Å². The molecule has 0 aliphatic heterocycles. The van der Waals surface area contributed by atoms with Crippen LogP contribution in [0.4, 0.5) is 0 Å². The average Bonchev–Trinajstić information content (AvgIpc) is 3.05. The predicted molar refractivity (Wildman–Crippen MR) is 91.8 cm³/mol. The SMILES string of the molecule is NCc1ccc(-c2cnc3cc(-c4cccnc4)ccn23)cc1. The quantitative estimate of drug-likeness (QED) is 0.630. The maximum atomic E-state index is 5.66. The van der Waals surface area contributed by atoms with E-state index in [9.17, 15) is 0 Å². The van der Waals surface area contributed by atoms with Gasteiger partial charge in [0.2, 0.25) is 0 Å². The summed E-state index contributed by atoms with van der Waals surface area (Å²) in [4.78, 5) is 8.71. The van der Waals surface area contributed by atoms with Crippen LogP contribution in [0.2, 0.25) is 0 Å². The molecule has 23 heavy (non-hydrogen) atoms. The highest BCUT2D eigenvalue weighted by Crippen LogP contribution is 2.25. The Hall–Kier alpha value is -2.98. The summed E-state index contributed by atoms with van der Waals surface area (Å²) in [6.45, 7) is 0.557. The molecule has 112 valence electrons. The van der Waals surface area contributed by atoms with Gasteiger partial charge in [0.25, 0.3) is 0 Å². The molecule has 4 nitrogen and oxygen atoms in total. The molecule has 0 amide bonds. The number of aromatic nitrogens is 3. The van der Waals surface area contributed by atoms with Gasteiger partial charge in [0, 0.05) is 36.3 Å². The van der Waals surface area contributed by atoms with E-state index in [1.54, 1.807) is 6.20 Å². The Morgan fingerprint density at radius 3 is 2.52 bits per heavy atom. The van der Waals surface area contributed by atoms with Crippen molar-refractivity contribution >= 4 is 5.65 Å². The second-order valence-corrected chi connectivity index (χ2v) is 5.43. The number of hydrogen-bond donors (Lipinski definition) is 1. The van der Waals surface area contributed by atoms with Crippen molar-refractivity contribution in [1.29, 1.82) is 0 Å². The van der Waals surface area contributed by atoms with Crippen LogP contribution in [-0.4, -0.2) is 14.4 Å². The van der Waals surface area contributed by atoms with Crippen LogP contribution in [0.25, 0.3) is 28.0 Å². The first-order chi connectivity index (χ1) is 11.3. The van der Waals surface area contributed by atoms with Crippen molar-refractivity contribution in [3.8, 4) is 22.4 Å². The van der Waals surface area contributed by atoms with Crippen molar-refractivity contribution in [3.05, 3.63) is 78.9 Å². The van der Waals surface area contributed by atoms with Gasteiger partial charge in [0.1, 0.15) is 5.65 Å². The highest BCUT2D eigenvalue weighted by Gasteiger charge is 2.07. The fourth-order valence-corrected chi connectivity index (χ4v) is 2.72. The van der Waals surface area contributed by atoms with E-state index < -0.39 is 0 Å². The van der Waals surface area contributed by atoms with Gasteiger partial charge in [-0.1, -0.05) is 30.3 Å². The topological polar surface area (TPSA) is 56.2 Å². The highest BCUT2D eigenvalue weighted by molar-refractivity contribution is 5.70. The normalized spacial score (nSPS) is 11.0. The lowest BCUT2D eigenvalue weighted by Crippen LogP contribution is -1.95. The number of imidazole rings is 1. The number of benzene rings is 1. The smallest absolute Gasteiger partial charge is 0.137 e. The fraction of sp³-hybridized carbons (Fsp3) is 0.0526. The summed E-state index contributed by atoms with van der Waals surface area (Å²) < 4.78 is 2.09. The lowest BCUT2D eigenvalue weighted by atomic mass is 10.1. The maximum absolute atomic E-state index is 5.66. The van der Waals surface area contributed by atoms with Crippen molar-refractivity contribution in [2.45, 2.75) is 6.54 Å². The van der Waals surface area contributed by atoms with Crippen molar-refractivity contribution in [2.75, 3.05) is 0 Å². The van der Waals surface area contributed by atoms with Gasteiger partial charge in [-0.2, -0.15) is 0 Å². The van der Waals surface area contributed by atoms with Crippen LogP contribution >= 0.6 is 0 Å². The van der Waals surface area contributed by atoms with Gasteiger partial charge in [-0.25, -0.2) is 4.98 Å². The van der Waals surface area contributed by atoms with Crippen LogP contribution in [0.3, 0.4) is 0 Å². The van der Waals surface area contributed by atoms with Crippen molar-refractivity contribution in [1.82, 2.24) is 14.4 Å². The zero-order valence-electron chi connectivity index (χ0n) is 12.6. The van der Waals surface area contributed by atoms with Crippen LogP contribution in [0.15, 0.2) is 73.3 Å². The number of fused-ring (bicyclic) bond motifs is 1. The van der Waals surface area contributed by atoms with Crippen LogP contribution in [0.1, 0.15) is 5.56 Å². The summed E-state index contributed by atoms with van der Waals surface area (Å²) in [6.07, 6.45) is 7.60. The monoisotopic (exact) mass is 300 g/mol. The van der Waals surface area contributed by atoms with E-state index in [4.69, 9.17) is 5.73 Å². The molecular weight excluding hydrogens is 284 g/mol. The van der Waals surface area contributed by atoms with Crippen LogP contribution < -0.4 is 5.73 Å². The molecule has 4 aromatic rings. The van der Waals surface area contributed by atoms with E-state index >= 15 is 0 Å². The minimum atomic E-state index is 0.557. The third-order valence-electron chi connectivity index (χ3n) is 3.99. The Morgan fingerprint density at radius 1 is 0.913 bits per heavy atom. The molecule has 0 saturated carbocycles. The second kappa shape index (κ2) is 5.66. The zero-order chi connectivity index (χ0) is 15.6. The van der Waals surface area contributed by atoms with E-state index in [1.807, 2.05) is 24.5 Å². The summed E-state index contributed by atoms with van der Waals surface area (Å²) in [6, 6.07) is 16.4. The zero-order valence-corrected chi connectivity index (χ0v) is 12.6. The number of rotatable bonds is 3. The molecule has 3 aromatic heterocycles. The molecule has 0 saturated heterocycles. The van der Waals surface area contributed by atoms with E-state index in [2.05, 4.69) is 57.0 Å². The van der Waals surface area contributed by atoms with Crippen LogP contribution in [0.5, 0.6) is 0 Å². The lowest BCUT2D eigenvalue weighted by Gasteiger charge is -2.05. The lowest BCUT2D eigenvalue weighted by molar-refractivity contribution is 1.07. The summed E-state index contributed by atoms with van der Waals surface area (Å²) >= 11 is 0. The second-order valence-electron chi connectivity index (χ2n) is 5.43. The third kappa shape index (κ3) is 2.49. The van der Waals surface area contributed by atoms with Crippen LogP contribution in [-0.2, 0) is 6.54 Å². The Bertz CT molecular complexity index is 940. The molecule has 0 fully saturated rings. The molecule has 4 rings (SSSR count). The van der Waals surface area contributed by atoms with Gasteiger partial charge in [-0.05, 0) is 29.3 Å². The van der Waals surface area contributed by atoms with Crippen molar-refractivity contribution in [2.24, 2.45) is 5.73 Å². The molecule has 0 unspecified atom stereocenters. The van der Waals surface area contributed by atoms with E-state index in [0.29, 0.717) is 6.54 Å². The molecule has 0 bridgehead atoms. The Morgan fingerprint density at radius 2 is 1.78 bits per heavy atom. The largest absolute Gasteiger partial charge is 0.326 e. The van der Waals surface area contributed by atoms with Gasteiger partial charge >= 0.3 is 0 Å². The highest BCUT2D eigenvalue weighted by atomic mass is 15.0. The minimum absolute atomic E-state index is 0.557. The van der Waals surface area contributed by atoms with Gasteiger partial charge in [-0.3, -0.25) is 9.38 Å². The summed E-state index contributed by atoms with van der Waals surface area (Å²) in [5, 5.41) is 0. The van der Waals surface area contributed by atoms with Crippen LogP contribution in [0, 0.1) is 0 Å². The Kier molecular flexibility index (Phi) is 3.37. The molecule has 0 spiro atoms. The number of hydrogen-bond acceptors (Lipinski definition) is 3. The number of nitrogens with zero attached hydrogens (tertiary/aromatic N) is 3. The molecule has 1 aromatic carbocycles. The fourth-order valence-electron chi connectivity index (χ4n) is 2.72. The van der Waals surface area contributed by atoms with E-state index in [-0.39, 0.29) is 0 Å². The van der Waals surface area contributed by atoms with Gasteiger partial charge < -0.3 is 5.73 Å². The summed E-state index contributed by atoms with van der Waals surface area (Å²) in [7, 11) is 0. The standard InChI is InChI=1S/C19H16N4/c20-11-14-3-5-15(6-4-14)18-13-22-19-10-16(7-9-23(18)19)17-2-1-8-21-12-17/h1-10,12-13H,11,20H2. The molecule has 0 atom stereocenters. The third-order valence-corrected chi connectivity index (χ3v) is 3.99. The number of pyridine rings is 2. The molecular formula is C19H16N4. The van der Waals surface area contributed by atoms with E-state index in [0.717, 1.165) is 33.6 Å². The van der Waals surface area contributed by atoms with E-state index in [1.165, 1.54) is 0 Å². The summed E-state index contributed by atoms with van der Waals surface area (Å²) in [5.41, 5.74) is 12.1.